The number of H-pyrrole nitrogens is 2. The Morgan fingerprint density at radius 2 is 2.27 bits per heavy atom. The minimum Gasteiger partial charge on any atom is -0.385 e. The summed E-state index contributed by atoms with van der Waals surface area (Å²) >= 11 is 0. The molecule has 1 amide bonds. The van der Waals surface area contributed by atoms with Crippen LogP contribution < -0.4 is 11.2 Å². The largest absolute Gasteiger partial charge is 0.385 e. The molecule has 1 saturated heterocycles. The van der Waals surface area contributed by atoms with Crippen LogP contribution in [0.2, 0.25) is 0 Å². The van der Waals surface area contributed by atoms with E-state index in [2.05, 4.69) is 9.97 Å². The third-order valence-corrected chi connectivity index (χ3v) is 4.07. The molecule has 1 unspecified atom stereocenters. The number of hydrogen-bond donors (Lipinski definition) is 2. The number of rotatable bonds is 6. The topological polar surface area (TPSA) is 95.3 Å². The Hall–Kier alpha value is -1.89. The van der Waals surface area contributed by atoms with Gasteiger partial charge in [-0.15, -0.1) is 0 Å². The molecule has 0 aliphatic carbocycles. The molecule has 1 aromatic heterocycles. The van der Waals surface area contributed by atoms with Gasteiger partial charge in [0, 0.05) is 38.6 Å². The van der Waals surface area contributed by atoms with E-state index < -0.39 is 11.2 Å². The molecule has 0 aromatic carbocycles. The number of nitrogens with one attached hydrogen (secondary N) is 2. The zero-order valence-corrected chi connectivity index (χ0v) is 12.9. The van der Waals surface area contributed by atoms with Gasteiger partial charge in [-0.2, -0.15) is 0 Å². The molecule has 0 bridgehead atoms. The van der Waals surface area contributed by atoms with Crippen LogP contribution in [0.25, 0.3) is 0 Å². The van der Waals surface area contributed by atoms with Gasteiger partial charge in [0.05, 0.1) is 6.42 Å². The van der Waals surface area contributed by atoms with Gasteiger partial charge >= 0.3 is 5.69 Å². The van der Waals surface area contributed by atoms with E-state index in [9.17, 15) is 14.4 Å². The number of hydrogen-bond acceptors (Lipinski definition) is 4. The predicted octanol–water partition coefficient (Wildman–Crippen LogP) is 0.271. The molecule has 0 spiro atoms. The highest BCUT2D eigenvalue weighted by Crippen LogP contribution is 2.21. The van der Waals surface area contributed by atoms with Gasteiger partial charge < -0.3 is 14.6 Å². The first-order valence-corrected chi connectivity index (χ1v) is 7.67. The van der Waals surface area contributed by atoms with Gasteiger partial charge in [0.1, 0.15) is 0 Å². The Morgan fingerprint density at radius 3 is 3.00 bits per heavy atom. The summed E-state index contributed by atoms with van der Waals surface area (Å²) in [5, 5.41) is 0. The molecule has 1 fully saturated rings. The van der Waals surface area contributed by atoms with E-state index in [-0.39, 0.29) is 12.3 Å². The Morgan fingerprint density at radius 1 is 1.45 bits per heavy atom. The predicted molar refractivity (Wildman–Crippen MR) is 81.8 cm³/mol. The molecule has 1 aliphatic rings. The Balaban J connectivity index is 1.91. The first-order valence-electron chi connectivity index (χ1n) is 7.67. The fourth-order valence-corrected chi connectivity index (χ4v) is 2.89. The van der Waals surface area contributed by atoms with E-state index in [0.717, 1.165) is 45.4 Å². The standard InChI is InChI=1S/C15H23N3O4/c1-22-7-3-5-11-4-2-6-18(10-11)13(19)8-12-9-16-15(21)17-14(12)20/h9,11H,2-8,10H2,1H3,(H2,16,17,20,21). The zero-order chi connectivity index (χ0) is 15.9. The lowest BCUT2D eigenvalue weighted by molar-refractivity contribution is -0.132. The van der Waals surface area contributed by atoms with E-state index in [1.165, 1.54) is 6.20 Å². The van der Waals surface area contributed by atoms with Gasteiger partial charge in [0.15, 0.2) is 0 Å². The highest BCUT2D eigenvalue weighted by atomic mass is 16.5. The fraction of sp³-hybridized carbons (Fsp3) is 0.667. The van der Waals surface area contributed by atoms with Crippen LogP contribution in [0.4, 0.5) is 0 Å². The highest BCUT2D eigenvalue weighted by molar-refractivity contribution is 5.78. The molecular weight excluding hydrogens is 286 g/mol. The molecule has 7 heteroatoms. The minimum absolute atomic E-state index is 0.0247. The number of aromatic nitrogens is 2. The average molecular weight is 309 g/mol. The molecule has 1 aromatic rings. The van der Waals surface area contributed by atoms with Crippen molar-refractivity contribution in [2.75, 3.05) is 26.8 Å². The summed E-state index contributed by atoms with van der Waals surface area (Å²) in [5.41, 5.74) is -0.755. The SMILES string of the molecule is COCCCC1CCCN(C(=O)Cc2c[nH]c(=O)[nH]c2=O)C1. The maximum atomic E-state index is 12.3. The van der Waals surface area contributed by atoms with Crippen molar-refractivity contribution in [2.24, 2.45) is 5.92 Å². The Kier molecular flexibility index (Phi) is 5.94. The monoisotopic (exact) mass is 309 g/mol. The molecular formula is C15H23N3O4. The van der Waals surface area contributed by atoms with Gasteiger partial charge in [-0.25, -0.2) is 4.79 Å². The Labute approximate surface area is 128 Å². The second-order valence-electron chi connectivity index (χ2n) is 5.76. The second-order valence-corrected chi connectivity index (χ2v) is 5.76. The van der Waals surface area contributed by atoms with Gasteiger partial charge in [-0.3, -0.25) is 14.6 Å². The first-order chi connectivity index (χ1) is 10.6. The van der Waals surface area contributed by atoms with Crippen molar-refractivity contribution in [1.82, 2.24) is 14.9 Å². The fourth-order valence-electron chi connectivity index (χ4n) is 2.89. The molecule has 0 saturated carbocycles. The van der Waals surface area contributed by atoms with E-state index in [4.69, 9.17) is 4.74 Å². The van der Waals surface area contributed by atoms with Crippen molar-refractivity contribution in [1.29, 1.82) is 0 Å². The van der Waals surface area contributed by atoms with Crippen LogP contribution in [0.15, 0.2) is 15.8 Å². The number of amides is 1. The van der Waals surface area contributed by atoms with Gasteiger partial charge in [-0.1, -0.05) is 0 Å². The number of aromatic amines is 2. The average Bonchev–Trinajstić information content (AvgIpc) is 2.50. The van der Waals surface area contributed by atoms with Crippen molar-refractivity contribution in [3.63, 3.8) is 0 Å². The maximum Gasteiger partial charge on any atom is 0.325 e. The van der Waals surface area contributed by atoms with Crippen LogP contribution in [0.1, 0.15) is 31.2 Å². The summed E-state index contributed by atoms with van der Waals surface area (Å²) < 4.78 is 5.06. The molecule has 1 aliphatic heterocycles. The molecule has 2 N–H and O–H groups in total. The van der Waals surface area contributed by atoms with Crippen LogP contribution in [-0.2, 0) is 16.0 Å². The number of nitrogens with zero attached hydrogens (tertiary/aromatic N) is 1. The molecule has 0 radical (unpaired) electrons. The van der Waals surface area contributed by atoms with Crippen molar-refractivity contribution in [3.8, 4) is 0 Å². The third kappa shape index (κ3) is 4.56. The second kappa shape index (κ2) is 7.93. The molecule has 1 atom stereocenters. The quantitative estimate of drug-likeness (QED) is 0.737. The summed E-state index contributed by atoms with van der Waals surface area (Å²) in [6.07, 6.45) is 5.52. The van der Waals surface area contributed by atoms with E-state index in [0.29, 0.717) is 11.5 Å². The van der Waals surface area contributed by atoms with E-state index in [1.807, 2.05) is 4.90 Å². The van der Waals surface area contributed by atoms with Crippen LogP contribution in [0.3, 0.4) is 0 Å². The summed E-state index contributed by atoms with van der Waals surface area (Å²) in [4.78, 5) is 41.3. The number of carbonyl (C=O) groups is 1. The van der Waals surface area contributed by atoms with Gasteiger partial charge in [0.2, 0.25) is 5.91 Å². The number of carbonyl (C=O) groups excluding carboxylic acids is 1. The van der Waals surface area contributed by atoms with Gasteiger partial charge in [-0.05, 0) is 31.6 Å². The zero-order valence-electron chi connectivity index (χ0n) is 12.9. The smallest absolute Gasteiger partial charge is 0.325 e. The lowest BCUT2D eigenvalue weighted by Crippen LogP contribution is -2.41. The van der Waals surface area contributed by atoms with Crippen LogP contribution >= 0.6 is 0 Å². The summed E-state index contributed by atoms with van der Waals surface area (Å²) in [7, 11) is 1.69. The van der Waals surface area contributed by atoms with Crippen molar-refractivity contribution < 1.29 is 9.53 Å². The van der Waals surface area contributed by atoms with Crippen LogP contribution in [0, 0.1) is 5.92 Å². The number of likely N-dealkylation sites (tertiary alicyclic amines) is 1. The van der Waals surface area contributed by atoms with E-state index in [1.54, 1.807) is 7.11 Å². The lowest BCUT2D eigenvalue weighted by Gasteiger charge is -2.33. The van der Waals surface area contributed by atoms with Crippen molar-refractivity contribution in [3.05, 3.63) is 32.6 Å². The molecule has 2 heterocycles. The van der Waals surface area contributed by atoms with Crippen LogP contribution in [-0.4, -0.2) is 47.6 Å². The van der Waals surface area contributed by atoms with Gasteiger partial charge in [0.25, 0.3) is 5.56 Å². The summed E-state index contributed by atoms with van der Waals surface area (Å²) in [5.74, 6) is 0.440. The van der Waals surface area contributed by atoms with Crippen LogP contribution in [0.5, 0.6) is 0 Å². The third-order valence-electron chi connectivity index (χ3n) is 4.07. The number of ether oxygens (including phenoxy) is 1. The number of methoxy groups -OCH3 is 1. The molecule has 7 nitrogen and oxygen atoms in total. The molecule has 22 heavy (non-hydrogen) atoms. The minimum atomic E-state index is -0.558. The Bertz CT molecular complexity index is 607. The van der Waals surface area contributed by atoms with Crippen molar-refractivity contribution >= 4 is 5.91 Å². The van der Waals surface area contributed by atoms with Crippen molar-refractivity contribution in [2.45, 2.75) is 32.1 Å². The summed E-state index contributed by atoms with van der Waals surface area (Å²) in [6.45, 7) is 2.22. The lowest BCUT2D eigenvalue weighted by atomic mass is 9.93. The molecule has 2 rings (SSSR count). The molecule has 122 valence electrons. The number of piperidine rings is 1. The summed E-state index contributed by atoms with van der Waals surface area (Å²) in [6, 6.07) is 0. The highest BCUT2D eigenvalue weighted by Gasteiger charge is 2.23. The van der Waals surface area contributed by atoms with E-state index >= 15 is 0 Å². The first kappa shape index (κ1) is 16.5. The normalized spacial score (nSPS) is 18.4. The maximum absolute atomic E-state index is 12.3.